The third-order valence-electron chi connectivity index (χ3n) is 3.40. The summed E-state index contributed by atoms with van der Waals surface area (Å²) in [6.07, 6.45) is 4.55. The largest absolute Gasteiger partial charge is 0.476 e. The highest BCUT2D eigenvalue weighted by Gasteiger charge is 2.32. The van der Waals surface area contributed by atoms with Crippen molar-refractivity contribution in [1.82, 2.24) is 0 Å². The van der Waals surface area contributed by atoms with Gasteiger partial charge in [-0.05, 0) is 56.7 Å². The summed E-state index contributed by atoms with van der Waals surface area (Å²) in [7, 11) is 1.38. The second-order valence-electron chi connectivity index (χ2n) is 5.20. The van der Waals surface area contributed by atoms with Crippen molar-refractivity contribution in [1.29, 1.82) is 0 Å². The Balaban J connectivity index is 2.27. The first-order valence-corrected chi connectivity index (χ1v) is 6.43. The Morgan fingerprint density at radius 2 is 1.94 bits per heavy atom. The van der Waals surface area contributed by atoms with Gasteiger partial charge in [0.2, 0.25) is 0 Å². The highest BCUT2D eigenvalue weighted by Crippen LogP contribution is 2.31. The minimum Gasteiger partial charge on any atom is -0.476 e. The lowest BCUT2D eigenvalue weighted by Crippen LogP contribution is -2.39. The molecule has 0 N–H and O–H groups in total. The predicted molar refractivity (Wildman–Crippen MR) is 69.8 cm³/mol. The Kier molecular flexibility index (Phi) is 3.60. The molecule has 0 saturated carbocycles. The van der Waals surface area contributed by atoms with Crippen molar-refractivity contribution < 1.29 is 14.3 Å². The first-order chi connectivity index (χ1) is 8.54. The maximum Gasteiger partial charge on any atom is 0.349 e. The van der Waals surface area contributed by atoms with E-state index in [-0.39, 0.29) is 5.97 Å². The monoisotopic (exact) mass is 248 g/mol. The van der Waals surface area contributed by atoms with Gasteiger partial charge in [0, 0.05) is 0 Å². The van der Waals surface area contributed by atoms with Crippen LogP contribution in [0, 0.1) is 0 Å². The van der Waals surface area contributed by atoms with Gasteiger partial charge in [0.05, 0.1) is 7.11 Å². The van der Waals surface area contributed by atoms with Crippen LogP contribution in [0.4, 0.5) is 0 Å². The molecule has 2 rings (SSSR count). The first kappa shape index (κ1) is 12.9. The number of esters is 1. The minimum absolute atomic E-state index is 0.351. The topological polar surface area (TPSA) is 35.5 Å². The lowest BCUT2D eigenvalue weighted by Gasteiger charge is -2.27. The van der Waals surface area contributed by atoms with Gasteiger partial charge in [0.15, 0.2) is 5.60 Å². The number of hydrogen-bond donors (Lipinski definition) is 0. The number of benzene rings is 1. The maximum atomic E-state index is 11.7. The van der Waals surface area contributed by atoms with Crippen LogP contribution in [0.1, 0.15) is 37.8 Å². The van der Waals surface area contributed by atoms with E-state index >= 15 is 0 Å². The molecule has 0 aliphatic heterocycles. The number of aryl methyl sites for hydroxylation is 1. The zero-order valence-corrected chi connectivity index (χ0v) is 11.3. The van der Waals surface area contributed by atoms with Crippen LogP contribution in [0.2, 0.25) is 0 Å². The number of rotatable bonds is 3. The molecule has 1 aliphatic carbocycles. The molecule has 0 fully saturated rings. The quantitative estimate of drug-likeness (QED) is 0.772. The molecular weight excluding hydrogens is 228 g/mol. The van der Waals surface area contributed by atoms with E-state index in [1.165, 1.54) is 31.1 Å². The lowest BCUT2D eigenvalue weighted by molar-refractivity contribution is -0.156. The van der Waals surface area contributed by atoms with E-state index in [4.69, 9.17) is 9.47 Å². The van der Waals surface area contributed by atoms with Crippen molar-refractivity contribution in [2.45, 2.75) is 45.1 Å². The van der Waals surface area contributed by atoms with Gasteiger partial charge in [-0.2, -0.15) is 0 Å². The summed E-state index contributed by atoms with van der Waals surface area (Å²) < 4.78 is 10.6. The average molecular weight is 248 g/mol. The van der Waals surface area contributed by atoms with Gasteiger partial charge in [-0.1, -0.05) is 12.1 Å². The zero-order chi connectivity index (χ0) is 13.2. The normalized spacial score (nSPS) is 14.8. The Hall–Kier alpha value is -1.51. The van der Waals surface area contributed by atoms with E-state index in [0.717, 1.165) is 18.6 Å². The van der Waals surface area contributed by atoms with Crippen LogP contribution in [0.15, 0.2) is 18.2 Å². The van der Waals surface area contributed by atoms with Crippen LogP contribution in [-0.2, 0) is 22.4 Å². The van der Waals surface area contributed by atoms with Crippen LogP contribution in [-0.4, -0.2) is 18.7 Å². The van der Waals surface area contributed by atoms with Crippen molar-refractivity contribution in [3.63, 3.8) is 0 Å². The molecule has 0 saturated heterocycles. The van der Waals surface area contributed by atoms with Crippen molar-refractivity contribution in [2.75, 3.05) is 7.11 Å². The van der Waals surface area contributed by atoms with Gasteiger partial charge in [-0.15, -0.1) is 0 Å². The van der Waals surface area contributed by atoms with E-state index in [2.05, 4.69) is 6.07 Å². The molecule has 0 atom stereocenters. The summed E-state index contributed by atoms with van der Waals surface area (Å²) in [4.78, 5) is 11.7. The summed E-state index contributed by atoms with van der Waals surface area (Å²) in [5.41, 5.74) is 1.65. The Labute approximate surface area is 108 Å². The zero-order valence-electron chi connectivity index (χ0n) is 11.3. The molecule has 1 aromatic rings. The molecule has 18 heavy (non-hydrogen) atoms. The SMILES string of the molecule is COC(=O)C(C)(C)Oc1cccc2c1CCCC2. The summed E-state index contributed by atoms with van der Waals surface area (Å²) in [5, 5.41) is 0. The summed E-state index contributed by atoms with van der Waals surface area (Å²) in [5.74, 6) is 0.471. The molecule has 0 spiro atoms. The Morgan fingerprint density at radius 1 is 1.22 bits per heavy atom. The molecule has 3 heteroatoms. The molecule has 3 nitrogen and oxygen atoms in total. The number of carbonyl (C=O) groups excluding carboxylic acids is 1. The third-order valence-corrected chi connectivity index (χ3v) is 3.40. The van der Waals surface area contributed by atoms with Crippen LogP contribution < -0.4 is 4.74 Å². The van der Waals surface area contributed by atoms with Crippen LogP contribution in [0.25, 0.3) is 0 Å². The number of carbonyl (C=O) groups is 1. The van der Waals surface area contributed by atoms with Crippen molar-refractivity contribution in [2.24, 2.45) is 0 Å². The highest BCUT2D eigenvalue weighted by molar-refractivity contribution is 5.79. The fourth-order valence-electron chi connectivity index (χ4n) is 2.40. The highest BCUT2D eigenvalue weighted by atomic mass is 16.6. The van der Waals surface area contributed by atoms with E-state index in [9.17, 15) is 4.79 Å². The summed E-state index contributed by atoms with van der Waals surface area (Å²) in [6.45, 7) is 3.47. The fraction of sp³-hybridized carbons (Fsp3) is 0.533. The molecule has 0 unspecified atom stereocenters. The van der Waals surface area contributed by atoms with Crippen LogP contribution >= 0.6 is 0 Å². The van der Waals surface area contributed by atoms with Gasteiger partial charge in [-0.25, -0.2) is 4.79 Å². The maximum absolute atomic E-state index is 11.7. The van der Waals surface area contributed by atoms with Gasteiger partial charge >= 0.3 is 5.97 Å². The molecule has 0 bridgehead atoms. The fourth-order valence-corrected chi connectivity index (χ4v) is 2.40. The number of fused-ring (bicyclic) bond motifs is 1. The lowest BCUT2D eigenvalue weighted by atomic mass is 9.91. The summed E-state index contributed by atoms with van der Waals surface area (Å²) >= 11 is 0. The number of methoxy groups -OCH3 is 1. The van der Waals surface area contributed by atoms with E-state index < -0.39 is 5.60 Å². The number of hydrogen-bond acceptors (Lipinski definition) is 3. The van der Waals surface area contributed by atoms with Crippen LogP contribution in [0.3, 0.4) is 0 Å². The Bertz CT molecular complexity index is 449. The molecule has 98 valence electrons. The average Bonchev–Trinajstić information content (AvgIpc) is 2.38. The molecule has 0 heterocycles. The van der Waals surface area contributed by atoms with Gasteiger partial charge in [0.1, 0.15) is 5.75 Å². The van der Waals surface area contributed by atoms with Crippen molar-refractivity contribution in [3.05, 3.63) is 29.3 Å². The second kappa shape index (κ2) is 5.01. The number of ether oxygens (including phenoxy) is 2. The van der Waals surface area contributed by atoms with E-state index in [1.54, 1.807) is 13.8 Å². The van der Waals surface area contributed by atoms with Gasteiger partial charge in [0.25, 0.3) is 0 Å². The molecule has 1 aliphatic rings. The minimum atomic E-state index is -0.943. The predicted octanol–water partition coefficient (Wildman–Crippen LogP) is 2.90. The standard InChI is InChI=1S/C15H20O3/c1-15(2,14(16)17-3)18-13-10-6-8-11-7-4-5-9-12(11)13/h6,8,10H,4-5,7,9H2,1-3H3. The molecule has 0 amide bonds. The van der Waals surface area contributed by atoms with E-state index in [1.807, 2.05) is 12.1 Å². The van der Waals surface area contributed by atoms with Gasteiger partial charge in [-0.3, -0.25) is 0 Å². The van der Waals surface area contributed by atoms with E-state index in [0.29, 0.717) is 0 Å². The van der Waals surface area contributed by atoms with Crippen molar-refractivity contribution >= 4 is 5.97 Å². The van der Waals surface area contributed by atoms with Crippen molar-refractivity contribution in [3.8, 4) is 5.75 Å². The Morgan fingerprint density at radius 3 is 2.67 bits per heavy atom. The molecule has 1 aromatic carbocycles. The summed E-state index contributed by atoms with van der Waals surface area (Å²) in [6, 6.07) is 6.08. The second-order valence-corrected chi connectivity index (χ2v) is 5.20. The van der Waals surface area contributed by atoms with Gasteiger partial charge < -0.3 is 9.47 Å². The molecule has 0 radical (unpaired) electrons. The first-order valence-electron chi connectivity index (χ1n) is 6.43. The molecule has 0 aromatic heterocycles. The molecular formula is C15H20O3. The smallest absolute Gasteiger partial charge is 0.349 e. The van der Waals surface area contributed by atoms with Crippen LogP contribution in [0.5, 0.6) is 5.75 Å². The third kappa shape index (κ3) is 2.50.